The summed E-state index contributed by atoms with van der Waals surface area (Å²) in [4.78, 5) is 19.4. The Labute approximate surface area is 149 Å². The van der Waals surface area contributed by atoms with Gasteiger partial charge in [0.1, 0.15) is 6.33 Å². The number of nitrogens with one attached hydrogen (secondary N) is 1. The van der Waals surface area contributed by atoms with Gasteiger partial charge in [0.15, 0.2) is 0 Å². The molecule has 0 spiro atoms. The summed E-state index contributed by atoms with van der Waals surface area (Å²) in [6.45, 7) is -0.189. The third kappa shape index (κ3) is 3.28. The molecule has 2 bridgehead atoms. The number of halogens is 6. The van der Waals surface area contributed by atoms with Crippen molar-refractivity contribution in [3.8, 4) is 18.2 Å². The summed E-state index contributed by atoms with van der Waals surface area (Å²) in [5.41, 5.74) is -2.64. The van der Waals surface area contributed by atoms with E-state index in [0.29, 0.717) is 0 Å². The van der Waals surface area contributed by atoms with Crippen molar-refractivity contribution in [2.45, 2.75) is 44.3 Å². The van der Waals surface area contributed by atoms with E-state index in [1.165, 1.54) is 5.92 Å². The number of alkyl halides is 6. The first-order valence-electron chi connectivity index (χ1n) is 7.76. The van der Waals surface area contributed by atoms with Crippen LogP contribution in [0.2, 0.25) is 0 Å². The second-order valence-corrected chi connectivity index (χ2v) is 6.83. The van der Waals surface area contributed by atoms with E-state index in [4.69, 9.17) is 6.42 Å². The number of carbonyl (C=O) groups excluding carboxylic acids is 1. The molecule has 1 aromatic rings. The zero-order valence-electron chi connectivity index (χ0n) is 13.6. The maximum absolute atomic E-state index is 12.8. The lowest BCUT2D eigenvalue weighted by Gasteiger charge is -2.69. The summed E-state index contributed by atoms with van der Waals surface area (Å²) in [7, 11) is 0. The predicted octanol–water partition coefficient (Wildman–Crippen LogP) is 2.77. The molecule has 0 aromatic carbocycles. The Morgan fingerprint density at radius 1 is 1.26 bits per heavy atom. The molecule has 27 heavy (non-hydrogen) atoms. The molecule has 1 aromatic heterocycles. The monoisotopic (exact) mass is 393 g/mol. The largest absolute Gasteiger partial charge is 0.451 e. The van der Waals surface area contributed by atoms with Crippen LogP contribution in [0.4, 0.5) is 26.3 Å². The van der Waals surface area contributed by atoms with Crippen molar-refractivity contribution in [1.29, 1.82) is 0 Å². The third-order valence-corrected chi connectivity index (χ3v) is 4.93. The smallest absolute Gasteiger partial charge is 0.437 e. The lowest BCUT2D eigenvalue weighted by atomic mass is 9.34. The molecule has 0 radical (unpaired) electrons. The highest BCUT2D eigenvalue weighted by molar-refractivity contribution is 5.86. The summed E-state index contributed by atoms with van der Waals surface area (Å²) >= 11 is 0. The van der Waals surface area contributed by atoms with E-state index in [0.717, 1.165) is 12.4 Å². The Morgan fingerprint density at radius 3 is 2.41 bits per heavy atom. The van der Waals surface area contributed by atoms with Crippen LogP contribution in [0, 0.1) is 23.2 Å². The van der Waals surface area contributed by atoms with Crippen LogP contribution in [0.1, 0.15) is 25.0 Å². The number of rotatable bonds is 5. The minimum atomic E-state index is -4.79. The van der Waals surface area contributed by atoms with Gasteiger partial charge in [0.25, 0.3) is 6.10 Å². The summed E-state index contributed by atoms with van der Waals surface area (Å²) in [6, 6.07) is 1.07. The molecule has 0 saturated heterocycles. The molecule has 11 heteroatoms. The van der Waals surface area contributed by atoms with Crippen LogP contribution in [0.15, 0.2) is 12.4 Å². The lowest BCUT2D eigenvalue weighted by Crippen LogP contribution is -2.72. The SMILES string of the molecule is C#C[C@@H](Oc1cc(CNC(=O)C23CC(C(F)(F)F)(C2)C3)ncn1)C(F)(F)F. The van der Waals surface area contributed by atoms with Gasteiger partial charge >= 0.3 is 12.4 Å². The molecule has 3 saturated carbocycles. The van der Waals surface area contributed by atoms with Gasteiger partial charge in [-0.3, -0.25) is 4.79 Å². The van der Waals surface area contributed by atoms with Crippen molar-refractivity contribution in [2.24, 2.45) is 10.8 Å². The van der Waals surface area contributed by atoms with Crippen molar-refractivity contribution in [2.75, 3.05) is 0 Å². The Bertz CT molecular complexity index is 779. The first-order chi connectivity index (χ1) is 12.4. The Balaban J connectivity index is 1.56. The minimum Gasteiger partial charge on any atom is -0.451 e. The Hall–Kier alpha value is -2.51. The van der Waals surface area contributed by atoms with Gasteiger partial charge in [0.2, 0.25) is 11.8 Å². The van der Waals surface area contributed by atoms with Crippen molar-refractivity contribution in [1.82, 2.24) is 15.3 Å². The number of amides is 1. The van der Waals surface area contributed by atoms with Gasteiger partial charge in [-0.15, -0.1) is 6.42 Å². The number of aromatic nitrogens is 2. The van der Waals surface area contributed by atoms with Gasteiger partial charge in [-0.2, -0.15) is 26.3 Å². The quantitative estimate of drug-likeness (QED) is 0.617. The first kappa shape index (κ1) is 19.3. The van der Waals surface area contributed by atoms with Crippen LogP contribution in [0.3, 0.4) is 0 Å². The van der Waals surface area contributed by atoms with Crippen molar-refractivity contribution in [3.05, 3.63) is 18.1 Å². The predicted molar refractivity (Wildman–Crippen MR) is 78.0 cm³/mol. The summed E-state index contributed by atoms with van der Waals surface area (Å²) in [6.07, 6.45) is -6.62. The fraction of sp³-hybridized carbons (Fsp3) is 0.562. The molecule has 1 heterocycles. The van der Waals surface area contributed by atoms with Crippen LogP contribution in [0.5, 0.6) is 5.88 Å². The molecule has 5 nitrogen and oxygen atoms in total. The van der Waals surface area contributed by atoms with Crippen molar-refractivity contribution < 1.29 is 35.9 Å². The van der Waals surface area contributed by atoms with E-state index in [9.17, 15) is 31.1 Å². The van der Waals surface area contributed by atoms with E-state index in [1.54, 1.807) is 0 Å². The zero-order chi connectivity index (χ0) is 20.1. The van der Waals surface area contributed by atoms with Crippen molar-refractivity contribution >= 4 is 5.91 Å². The van der Waals surface area contributed by atoms with E-state index in [2.05, 4.69) is 20.0 Å². The topological polar surface area (TPSA) is 64.1 Å². The van der Waals surface area contributed by atoms with Crippen molar-refractivity contribution in [3.63, 3.8) is 0 Å². The molecule has 3 aliphatic rings. The molecule has 3 aliphatic carbocycles. The number of terminal acetylenes is 1. The highest BCUT2D eigenvalue weighted by Crippen LogP contribution is 2.78. The van der Waals surface area contributed by atoms with Crippen LogP contribution in [0.25, 0.3) is 0 Å². The highest BCUT2D eigenvalue weighted by atomic mass is 19.4. The number of hydrogen-bond donors (Lipinski definition) is 1. The number of carbonyl (C=O) groups is 1. The molecular formula is C16H13F6N3O2. The van der Waals surface area contributed by atoms with Gasteiger partial charge in [-0.05, 0) is 19.3 Å². The maximum Gasteiger partial charge on any atom is 0.437 e. The van der Waals surface area contributed by atoms with Gasteiger partial charge in [-0.25, -0.2) is 9.97 Å². The second kappa shape index (κ2) is 6.00. The summed E-state index contributed by atoms with van der Waals surface area (Å²) < 4.78 is 80.8. The Morgan fingerprint density at radius 2 is 1.89 bits per heavy atom. The summed E-state index contributed by atoms with van der Waals surface area (Å²) in [5.74, 6) is 0.477. The average Bonchev–Trinajstić information content (AvgIpc) is 2.45. The lowest BCUT2D eigenvalue weighted by molar-refractivity contribution is -0.351. The Kier molecular flexibility index (Phi) is 4.28. The van der Waals surface area contributed by atoms with E-state index in [-0.39, 0.29) is 31.5 Å². The normalized spacial score (nSPS) is 27.6. The minimum absolute atomic E-state index is 0.128. The molecule has 4 rings (SSSR count). The number of nitrogens with zero attached hydrogens (tertiary/aromatic N) is 2. The average molecular weight is 393 g/mol. The zero-order valence-corrected chi connectivity index (χ0v) is 13.6. The molecular weight excluding hydrogens is 380 g/mol. The van der Waals surface area contributed by atoms with Crippen LogP contribution in [-0.2, 0) is 11.3 Å². The molecule has 0 unspecified atom stereocenters. The fourth-order valence-corrected chi connectivity index (χ4v) is 3.54. The molecule has 1 atom stereocenters. The van der Waals surface area contributed by atoms with Gasteiger partial charge in [0, 0.05) is 6.07 Å². The standard InChI is InChI=1S/C16H13F6N3O2/c1-2-10(15(17,18)19)27-11-3-9(24-8-25-11)4-23-12(26)13-5-14(6-13,7-13)16(20,21)22/h1,3,8,10H,4-7H2,(H,23,26)/t10-,13?,14?/m1/s1. The first-order valence-corrected chi connectivity index (χ1v) is 7.76. The third-order valence-electron chi connectivity index (χ3n) is 4.93. The van der Waals surface area contributed by atoms with Crippen LogP contribution < -0.4 is 10.1 Å². The van der Waals surface area contributed by atoms with Gasteiger partial charge in [-0.1, -0.05) is 5.92 Å². The van der Waals surface area contributed by atoms with E-state index >= 15 is 0 Å². The van der Waals surface area contributed by atoms with Gasteiger partial charge in [0.05, 0.1) is 23.1 Å². The molecule has 146 valence electrons. The van der Waals surface area contributed by atoms with Gasteiger partial charge < -0.3 is 10.1 Å². The van der Waals surface area contributed by atoms with Crippen LogP contribution >= 0.6 is 0 Å². The maximum atomic E-state index is 12.8. The molecule has 3 fully saturated rings. The fourth-order valence-electron chi connectivity index (χ4n) is 3.54. The summed E-state index contributed by atoms with van der Waals surface area (Å²) in [5, 5.41) is 2.46. The number of hydrogen-bond acceptors (Lipinski definition) is 4. The highest BCUT2D eigenvalue weighted by Gasteiger charge is 2.80. The number of ether oxygens (including phenoxy) is 1. The second-order valence-electron chi connectivity index (χ2n) is 6.83. The van der Waals surface area contributed by atoms with E-state index < -0.39 is 41.1 Å². The van der Waals surface area contributed by atoms with Crippen LogP contribution in [-0.4, -0.2) is 34.3 Å². The molecule has 1 amide bonds. The molecule has 0 aliphatic heterocycles. The molecule has 1 N–H and O–H groups in total. The van der Waals surface area contributed by atoms with E-state index in [1.807, 2.05) is 0 Å².